The van der Waals surface area contributed by atoms with Crippen LogP contribution in [-0.4, -0.2) is 73.6 Å². The van der Waals surface area contributed by atoms with Crippen molar-refractivity contribution in [3.8, 4) is 5.75 Å². The molecular formula is C20H31FN2O3. The summed E-state index contributed by atoms with van der Waals surface area (Å²) in [6.07, 6.45) is 0.732. The van der Waals surface area contributed by atoms with Crippen LogP contribution in [0.5, 0.6) is 5.75 Å². The van der Waals surface area contributed by atoms with Gasteiger partial charge in [-0.05, 0) is 24.1 Å². The maximum Gasteiger partial charge on any atom is 0.165 e. The predicted molar refractivity (Wildman–Crippen MR) is 98.8 cm³/mol. The molecule has 2 aliphatic heterocycles. The predicted octanol–water partition coefficient (Wildman–Crippen LogP) is 2.13. The fourth-order valence-electron chi connectivity index (χ4n) is 4.08. The summed E-state index contributed by atoms with van der Waals surface area (Å²) in [5.41, 5.74) is 0.0901. The largest absolute Gasteiger partial charge is 0.494 e. The highest BCUT2D eigenvalue weighted by Crippen LogP contribution is 2.40. The Balaban J connectivity index is 1.64. The summed E-state index contributed by atoms with van der Waals surface area (Å²) in [5.74, 6) is -0.0577. The number of rotatable bonds is 5. The molecule has 0 aliphatic carbocycles. The first-order chi connectivity index (χ1) is 12.3. The van der Waals surface area contributed by atoms with Crippen LogP contribution in [0.2, 0.25) is 0 Å². The molecule has 146 valence electrons. The Morgan fingerprint density at radius 2 is 1.92 bits per heavy atom. The van der Waals surface area contributed by atoms with E-state index in [2.05, 4.69) is 23.6 Å². The fraction of sp³-hybridized carbons (Fsp3) is 0.700. The van der Waals surface area contributed by atoms with Crippen LogP contribution in [0.25, 0.3) is 0 Å². The summed E-state index contributed by atoms with van der Waals surface area (Å²) in [4.78, 5) is 4.65. The van der Waals surface area contributed by atoms with Gasteiger partial charge in [-0.15, -0.1) is 0 Å². The van der Waals surface area contributed by atoms with Gasteiger partial charge in [0.15, 0.2) is 11.6 Å². The number of hydrogen-bond acceptors (Lipinski definition) is 5. The molecule has 5 nitrogen and oxygen atoms in total. The highest BCUT2D eigenvalue weighted by molar-refractivity contribution is 5.30. The molecule has 6 heteroatoms. The van der Waals surface area contributed by atoms with Gasteiger partial charge >= 0.3 is 0 Å². The van der Waals surface area contributed by atoms with Crippen molar-refractivity contribution in [3.63, 3.8) is 0 Å². The topological polar surface area (TPSA) is 45.2 Å². The number of piperidine rings is 1. The maximum absolute atomic E-state index is 13.6. The number of methoxy groups -OCH3 is 1. The Kier molecular flexibility index (Phi) is 5.87. The molecule has 0 saturated carbocycles. The average Bonchev–Trinajstić information content (AvgIpc) is 2.61. The number of likely N-dealkylation sites (tertiary alicyclic amines) is 1. The summed E-state index contributed by atoms with van der Waals surface area (Å²) in [5, 5.41) is 11.4. The van der Waals surface area contributed by atoms with Crippen LogP contribution in [0.1, 0.15) is 25.8 Å². The van der Waals surface area contributed by atoms with Gasteiger partial charge in [0.25, 0.3) is 0 Å². The first-order valence-electron chi connectivity index (χ1n) is 9.40. The summed E-state index contributed by atoms with van der Waals surface area (Å²) in [6, 6.07) is 5.02. The van der Waals surface area contributed by atoms with Gasteiger partial charge in [-0.2, -0.15) is 0 Å². The van der Waals surface area contributed by atoms with Gasteiger partial charge in [-0.1, -0.05) is 19.9 Å². The van der Waals surface area contributed by atoms with Gasteiger partial charge in [0.05, 0.1) is 25.9 Å². The summed E-state index contributed by atoms with van der Waals surface area (Å²) < 4.78 is 24.1. The number of ether oxygens (including phenoxy) is 2. The van der Waals surface area contributed by atoms with E-state index in [1.165, 1.54) is 13.2 Å². The van der Waals surface area contributed by atoms with Gasteiger partial charge in [0.2, 0.25) is 0 Å². The van der Waals surface area contributed by atoms with Crippen LogP contribution in [0.4, 0.5) is 4.39 Å². The fourth-order valence-corrected chi connectivity index (χ4v) is 4.08. The van der Waals surface area contributed by atoms with Crippen molar-refractivity contribution in [3.05, 3.63) is 29.6 Å². The first kappa shape index (κ1) is 19.5. The lowest BCUT2D eigenvalue weighted by molar-refractivity contribution is -0.140. The lowest BCUT2D eigenvalue weighted by atomic mass is 9.69. The van der Waals surface area contributed by atoms with E-state index >= 15 is 0 Å². The zero-order chi connectivity index (χ0) is 18.8. The van der Waals surface area contributed by atoms with Crippen molar-refractivity contribution in [1.82, 2.24) is 9.80 Å². The molecule has 1 N–H and O–H groups in total. The van der Waals surface area contributed by atoms with E-state index in [1.807, 2.05) is 0 Å². The lowest BCUT2D eigenvalue weighted by Crippen LogP contribution is -2.62. The molecule has 1 aromatic rings. The van der Waals surface area contributed by atoms with Gasteiger partial charge in [-0.25, -0.2) is 4.39 Å². The smallest absolute Gasteiger partial charge is 0.165 e. The third-order valence-electron chi connectivity index (χ3n) is 5.93. The van der Waals surface area contributed by atoms with Crippen molar-refractivity contribution in [1.29, 1.82) is 0 Å². The maximum atomic E-state index is 13.6. The highest BCUT2D eigenvalue weighted by Gasteiger charge is 2.48. The molecule has 3 rings (SSSR count). The van der Waals surface area contributed by atoms with Gasteiger partial charge < -0.3 is 14.6 Å². The molecule has 0 radical (unpaired) electrons. The Hall–Kier alpha value is -1.21. The molecule has 2 aliphatic rings. The third-order valence-corrected chi connectivity index (χ3v) is 5.93. The molecule has 0 bridgehead atoms. The number of nitrogens with zero attached hydrogens (tertiary/aromatic N) is 2. The quantitative estimate of drug-likeness (QED) is 0.865. The van der Waals surface area contributed by atoms with Crippen LogP contribution >= 0.6 is 0 Å². The average molecular weight is 366 g/mol. The van der Waals surface area contributed by atoms with Crippen LogP contribution in [0, 0.1) is 11.2 Å². The van der Waals surface area contributed by atoms with E-state index in [1.54, 1.807) is 12.1 Å². The molecule has 0 unspecified atom stereocenters. The number of halogens is 1. The molecule has 2 fully saturated rings. The first-order valence-corrected chi connectivity index (χ1v) is 9.40. The molecular weight excluding hydrogens is 335 g/mol. The molecule has 0 amide bonds. The second-order valence-electron chi connectivity index (χ2n) is 8.23. The number of aliphatic hydroxyl groups is 1. The van der Waals surface area contributed by atoms with Crippen LogP contribution < -0.4 is 4.74 Å². The molecule has 26 heavy (non-hydrogen) atoms. The minimum absolute atomic E-state index is 0.229. The van der Waals surface area contributed by atoms with Crippen LogP contribution in [0.15, 0.2) is 18.2 Å². The molecule has 1 aromatic carbocycles. The zero-order valence-corrected chi connectivity index (χ0v) is 16.1. The lowest BCUT2D eigenvalue weighted by Gasteiger charge is -2.52. The Labute approximate surface area is 155 Å². The number of benzene rings is 1. The molecule has 0 aromatic heterocycles. The minimum atomic E-state index is -0.707. The van der Waals surface area contributed by atoms with E-state index in [9.17, 15) is 9.50 Å². The number of hydrogen-bond donors (Lipinski definition) is 1. The van der Waals surface area contributed by atoms with E-state index in [0.29, 0.717) is 6.54 Å². The van der Waals surface area contributed by atoms with Crippen molar-refractivity contribution in [2.45, 2.75) is 32.4 Å². The highest BCUT2D eigenvalue weighted by atomic mass is 19.1. The standard InChI is InChI=1S/C20H31FN2O3/c1-19(2)14-23(13-16-4-5-17(21)18(12-16)25-3)7-6-20(19,24)15-22-8-10-26-11-9-22/h4-5,12,24H,6-11,13-15H2,1-3H3/t20-/m1/s1. The number of β-amino-alcohol motifs (C(OH)–C–C–N with tert-alkyl or cyclic N) is 1. The van der Waals surface area contributed by atoms with Crippen molar-refractivity contribution >= 4 is 0 Å². The second-order valence-corrected chi connectivity index (χ2v) is 8.23. The SMILES string of the molecule is COc1cc(CN2CC[C@@](O)(CN3CCOCC3)C(C)(C)C2)ccc1F. The molecule has 2 heterocycles. The van der Waals surface area contributed by atoms with E-state index < -0.39 is 5.60 Å². The minimum Gasteiger partial charge on any atom is -0.494 e. The summed E-state index contributed by atoms with van der Waals surface area (Å²) >= 11 is 0. The summed E-state index contributed by atoms with van der Waals surface area (Å²) in [6.45, 7) is 10.6. The van der Waals surface area contributed by atoms with E-state index in [0.717, 1.165) is 57.9 Å². The Morgan fingerprint density at radius 1 is 1.19 bits per heavy atom. The van der Waals surface area contributed by atoms with E-state index in [-0.39, 0.29) is 17.0 Å². The normalized spacial score (nSPS) is 27.4. The van der Waals surface area contributed by atoms with Gasteiger partial charge in [-0.3, -0.25) is 9.80 Å². The van der Waals surface area contributed by atoms with Crippen molar-refractivity contribution in [2.75, 3.05) is 53.0 Å². The van der Waals surface area contributed by atoms with Gasteiger partial charge in [0.1, 0.15) is 0 Å². The zero-order valence-electron chi connectivity index (χ0n) is 16.1. The molecule has 2 saturated heterocycles. The Bertz CT molecular complexity index is 619. The monoisotopic (exact) mass is 366 g/mol. The number of morpholine rings is 1. The van der Waals surface area contributed by atoms with Crippen LogP contribution in [0.3, 0.4) is 0 Å². The van der Waals surface area contributed by atoms with Crippen molar-refractivity contribution < 1.29 is 19.0 Å². The van der Waals surface area contributed by atoms with Crippen LogP contribution in [-0.2, 0) is 11.3 Å². The van der Waals surface area contributed by atoms with E-state index in [4.69, 9.17) is 9.47 Å². The second kappa shape index (κ2) is 7.80. The summed E-state index contributed by atoms with van der Waals surface area (Å²) in [7, 11) is 1.48. The molecule has 0 spiro atoms. The third kappa shape index (κ3) is 4.19. The molecule has 1 atom stereocenters. The van der Waals surface area contributed by atoms with Crippen molar-refractivity contribution in [2.24, 2.45) is 5.41 Å². The van der Waals surface area contributed by atoms with Gasteiger partial charge in [0, 0.05) is 44.7 Å². The Morgan fingerprint density at radius 3 is 2.58 bits per heavy atom.